The van der Waals surface area contributed by atoms with Crippen molar-refractivity contribution in [3.63, 3.8) is 0 Å². The van der Waals surface area contributed by atoms with E-state index < -0.39 is 98.1 Å². The largest absolute Gasteiger partial charge is 0.469 e. The highest BCUT2D eigenvalue weighted by atomic mass is 16.7. The van der Waals surface area contributed by atoms with Crippen molar-refractivity contribution < 1.29 is 53.1 Å². The summed E-state index contributed by atoms with van der Waals surface area (Å²) in [5, 5.41) is 42.6. The van der Waals surface area contributed by atoms with Crippen LogP contribution in [0.3, 0.4) is 0 Å². The maximum Gasteiger partial charge on any atom is 0.339 e. The number of hydrogen-bond donors (Lipinski definition) is 4. The Kier molecular flexibility index (Phi) is 11.2. The molecule has 0 radical (unpaired) electrons. The normalized spacial score (nSPS) is 55.9. The standard InChI is InChI=1S/C83H96N2O11/c1-74-38-52-39-75-37-46-20-26-78(75)73(91)93-42-77-68(52)80(70(89)67(88)69(77)81-53-17-14-49-16-19-59-56-11-5-9-47(56)21-25-76(59,61(49)34-53)66(81)35-55(33-54(75)30-46)82(77,78)96-81)62-31-45(29-44-7-3-2-4-8-44)12-13-48(62)10-6-24-79(74,95-72(90)71-83(74,80)94-71)60-23-28-92-65(60)36-58(64(87)41-86)50-15-18-57-51(32-50)22-27-85-43-84-40-63(57)85/h2-4,7-8,16,20,22-23,26-28,35,45-48,50-54,56-59,61-64,66,68-71,84,86-87,89H,5,9,11-15,17-19,21,24-25,29-34,36-43H2,1H3. The lowest BCUT2D eigenvalue weighted by Crippen LogP contribution is -2.85. The summed E-state index contributed by atoms with van der Waals surface area (Å²) < 4.78 is 39.1. The Labute approximate surface area is 564 Å². The molecule has 5 saturated heterocycles. The molecular weight excluding hydrogens is 1200 g/mol. The first-order chi connectivity index (χ1) is 46.7. The molecule has 504 valence electrons. The Morgan fingerprint density at radius 1 is 0.906 bits per heavy atom. The Morgan fingerprint density at radius 2 is 1.81 bits per heavy atom. The van der Waals surface area contributed by atoms with E-state index in [0.717, 1.165) is 115 Å². The minimum Gasteiger partial charge on any atom is -0.469 e. The zero-order valence-electron chi connectivity index (χ0n) is 55.9. The molecule has 32 unspecified atom stereocenters. The van der Waals surface area contributed by atoms with E-state index in [1.807, 2.05) is 6.07 Å². The van der Waals surface area contributed by atoms with Crippen molar-refractivity contribution in [3.8, 4) is 11.8 Å². The number of epoxide rings is 1. The average molecular weight is 1300 g/mol. The van der Waals surface area contributed by atoms with Crippen molar-refractivity contribution in [2.75, 3.05) is 26.4 Å². The van der Waals surface area contributed by atoms with Gasteiger partial charge in [0.25, 0.3) is 0 Å². The first-order valence-corrected chi connectivity index (χ1v) is 38.9. The highest BCUT2D eigenvalue weighted by Gasteiger charge is 3.03. The van der Waals surface area contributed by atoms with Gasteiger partial charge in [0.2, 0.25) is 0 Å². The lowest BCUT2D eigenvalue weighted by atomic mass is 9.27. The lowest BCUT2D eigenvalue weighted by Gasteiger charge is -2.74. The number of hydrogen-bond acceptors (Lipinski definition) is 13. The number of aliphatic hydroxyl groups excluding tert-OH is 3. The number of furan rings is 1. The zero-order chi connectivity index (χ0) is 63.8. The molecule has 16 fully saturated rings. The number of fused-ring (bicyclic) bond motifs is 8. The van der Waals surface area contributed by atoms with Crippen LogP contribution in [-0.2, 0) is 51.8 Å². The van der Waals surface area contributed by atoms with Crippen LogP contribution >= 0.6 is 0 Å². The second-order valence-electron chi connectivity index (χ2n) is 37.0. The third-order valence-corrected chi connectivity index (χ3v) is 35.4. The molecule has 1 aromatic heterocycles. The molecule has 96 heavy (non-hydrogen) atoms. The van der Waals surface area contributed by atoms with E-state index in [-0.39, 0.29) is 83.5 Å². The van der Waals surface area contributed by atoms with Gasteiger partial charge in [-0.2, -0.15) is 0 Å². The Balaban J connectivity index is 0.767. The fraction of sp³-hybridized carbons (Fsp3) is 0.723. The number of allylic oxidation sites excluding steroid dienone is 4. The van der Waals surface area contributed by atoms with Gasteiger partial charge in [-0.1, -0.05) is 97.9 Å². The van der Waals surface area contributed by atoms with Gasteiger partial charge in [0.05, 0.1) is 49.0 Å². The number of nitrogens with one attached hydrogen (secondary N) is 1. The molecule has 8 heterocycles. The molecule has 1 aromatic carbocycles. The zero-order valence-corrected chi connectivity index (χ0v) is 55.9. The number of carbonyl (C=O) groups is 3. The maximum atomic E-state index is 18.6. The third-order valence-electron chi connectivity index (χ3n) is 35.4. The molecule has 2 aromatic rings. The number of benzene rings is 1. The lowest BCUT2D eigenvalue weighted by molar-refractivity contribution is -0.321. The van der Waals surface area contributed by atoms with Gasteiger partial charge in [0.15, 0.2) is 17.5 Å². The van der Waals surface area contributed by atoms with E-state index in [9.17, 15) is 14.9 Å². The number of aliphatic hydroxyl groups is 3. The van der Waals surface area contributed by atoms with Gasteiger partial charge in [-0.05, 0) is 245 Å². The number of nitrogens with zero attached hydrogens (tertiary/aromatic N) is 1. The van der Waals surface area contributed by atoms with E-state index in [1.165, 1.54) is 36.8 Å². The van der Waals surface area contributed by atoms with Crippen LogP contribution in [0, 0.1) is 151 Å². The number of esters is 2. The average Bonchev–Trinajstić information content (AvgIpc) is 1.40. The summed E-state index contributed by atoms with van der Waals surface area (Å²) in [7, 11) is 0. The van der Waals surface area contributed by atoms with Crippen LogP contribution in [0.4, 0.5) is 0 Å². The summed E-state index contributed by atoms with van der Waals surface area (Å²) >= 11 is 0. The molecule has 12 bridgehead atoms. The summed E-state index contributed by atoms with van der Waals surface area (Å²) in [6.07, 6.45) is 33.5. The van der Waals surface area contributed by atoms with E-state index in [0.29, 0.717) is 67.1 Å². The molecule has 23 rings (SSSR count). The van der Waals surface area contributed by atoms with Gasteiger partial charge >= 0.3 is 11.9 Å². The van der Waals surface area contributed by atoms with Gasteiger partial charge in [0.1, 0.15) is 35.1 Å². The van der Waals surface area contributed by atoms with Crippen molar-refractivity contribution in [2.45, 2.75) is 201 Å². The minimum atomic E-state index is -1.57. The number of ketones is 1. The first kappa shape index (κ1) is 57.9. The number of rotatable bonds is 8. The van der Waals surface area contributed by atoms with Crippen molar-refractivity contribution in [1.29, 1.82) is 0 Å². The molecule has 0 amide bonds. The van der Waals surface area contributed by atoms with Gasteiger partial charge in [0, 0.05) is 47.2 Å². The van der Waals surface area contributed by atoms with Crippen molar-refractivity contribution in [3.05, 3.63) is 107 Å². The number of cyclic esters (lactones) is 1. The molecule has 14 aliphatic carbocycles. The van der Waals surface area contributed by atoms with Crippen LogP contribution in [0.25, 0.3) is 0 Å². The molecule has 7 aliphatic heterocycles. The molecule has 13 heteroatoms. The second-order valence-corrected chi connectivity index (χ2v) is 37.0. The smallest absolute Gasteiger partial charge is 0.339 e. The summed E-state index contributed by atoms with van der Waals surface area (Å²) in [6, 6.07) is 13.3. The quantitative estimate of drug-likeness (QED) is 0.0850. The highest BCUT2D eigenvalue weighted by Crippen LogP contribution is 2.95. The van der Waals surface area contributed by atoms with Crippen LogP contribution in [0.5, 0.6) is 0 Å². The fourth-order valence-corrected chi connectivity index (χ4v) is 33.2. The third kappa shape index (κ3) is 5.99. The molecule has 11 saturated carbocycles. The molecule has 8 spiro atoms. The molecule has 13 nitrogen and oxygen atoms in total. The Bertz CT molecular complexity index is 3990. The van der Waals surface area contributed by atoms with Crippen LogP contribution in [0.1, 0.15) is 159 Å². The Hall–Kier alpha value is -4.81. The highest BCUT2D eigenvalue weighted by molar-refractivity contribution is 5.96. The Morgan fingerprint density at radius 3 is 2.71 bits per heavy atom. The van der Waals surface area contributed by atoms with Gasteiger partial charge < -0.3 is 43.6 Å². The number of Topliss-reactive ketones (excluding diaryl/α,β-unsaturated/α-hetero) is 1. The number of carbonyl (C=O) groups excluding carboxylic acids is 3. The van der Waals surface area contributed by atoms with E-state index in [2.05, 4.69) is 95.9 Å². The van der Waals surface area contributed by atoms with E-state index in [1.54, 1.807) is 11.8 Å². The van der Waals surface area contributed by atoms with Crippen molar-refractivity contribution in [2.24, 2.45) is 139 Å². The first-order valence-electron chi connectivity index (χ1n) is 38.9. The minimum absolute atomic E-state index is 0.0259. The summed E-state index contributed by atoms with van der Waals surface area (Å²) in [6.45, 7) is 3.80. The predicted molar refractivity (Wildman–Crippen MR) is 350 cm³/mol. The van der Waals surface area contributed by atoms with Crippen molar-refractivity contribution >= 4 is 17.7 Å². The molecule has 21 aliphatic rings. The van der Waals surface area contributed by atoms with Crippen LogP contribution in [0.2, 0.25) is 0 Å². The monoisotopic (exact) mass is 1300 g/mol. The van der Waals surface area contributed by atoms with Gasteiger partial charge in [-0.25, -0.2) is 4.79 Å². The van der Waals surface area contributed by atoms with Crippen molar-refractivity contribution in [1.82, 2.24) is 10.2 Å². The summed E-state index contributed by atoms with van der Waals surface area (Å²) in [5.41, 5.74) is -6.03. The summed E-state index contributed by atoms with van der Waals surface area (Å²) in [4.78, 5) is 54.4. The van der Waals surface area contributed by atoms with Crippen LogP contribution in [-0.4, -0.2) is 106 Å². The molecular formula is C83H96N2O11. The van der Waals surface area contributed by atoms with E-state index in [4.69, 9.17) is 18.6 Å². The maximum absolute atomic E-state index is 18.6. The molecule has 4 N–H and O–H groups in total. The van der Waals surface area contributed by atoms with Gasteiger partial charge in [-0.15, -0.1) is 0 Å². The SMILES string of the molecule is CC12CC3CC45CC6C=CC47C(=O)OCC48C(C(=O)C(O)C9(C%10CC(Cc%11ccccc%11)CCC%10C#CCC1(c1ccoc1CC(C(O)CO)C1CCC%10C(C=CN%11CNCC%10%11)C1)OC(=O)C1OC192)C34)C12OC87C(=CC1C13CCC4CCCC4C1CC=C1CCC2CC13)CC5C6. The topological polar surface area (TPSA) is 181 Å². The predicted octanol–water partition coefficient (Wildman–Crippen LogP) is 10.9. The van der Waals surface area contributed by atoms with Crippen LogP contribution < -0.4 is 5.32 Å². The fourth-order valence-electron chi connectivity index (χ4n) is 33.2. The summed E-state index contributed by atoms with van der Waals surface area (Å²) in [5.74, 6) is 8.92. The van der Waals surface area contributed by atoms with Crippen LogP contribution in [0.15, 0.2) is 94.8 Å². The molecule has 32 atom stereocenters. The number of ether oxygens (including phenoxy) is 4. The second kappa shape index (κ2) is 18.6. The van der Waals surface area contributed by atoms with E-state index >= 15 is 19.5 Å². The van der Waals surface area contributed by atoms with Gasteiger partial charge in [-0.3, -0.25) is 14.9 Å².